The van der Waals surface area contributed by atoms with Crippen molar-refractivity contribution in [2.75, 3.05) is 44.2 Å². The number of nitrogens with zero attached hydrogens (tertiary/aromatic N) is 3. The first-order valence-corrected chi connectivity index (χ1v) is 13.1. The van der Waals surface area contributed by atoms with Crippen LogP contribution in [0.4, 0.5) is 10.1 Å². The van der Waals surface area contributed by atoms with Crippen LogP contribution in [0.5, 0.6) is 0 Å². The number of carbonyl (C=O) groups is 1. The average Bonchev–Trinajstić information content (AvgIpc) is 2.88. The zero-order valence-corrected chi connectivity index (χ0v) is 19.8. The normalized spacial score (nSPS) is 20.0. The van der Waals surface area contributed by atoms with Crippen LogP contribution in [-0.2, 0) is 14.8 Å². The van der Waals surface area contributed by atoms with Gasteiger partial charge < -0.3 is 9.80 Å². The van der Waals surface area contributed by atoms with Crippen molar-refractivity contribution in [1.29, 1.82) is 0 Å². The molecule has 0 aliphatic carbocycles. The Morgan fingerprint density at radius 1 is 0.853 bits per heavy atom. The summed E-state index contributed by atoms with van der Waals surface area (Å²) in [4.78, 5) is 17.5. The van der Waals surface area contributed by atoms with Gasteiger partial charge >= 0.3 is 0 Å². The third-order valence-electron chi connectivity index (χ3n) is 6.88. The van der Waals surface area contributed by atoms with Gasteiger partial charge in [-0.25, -0.2) is 12.8 Å². The topological polar surface area (TPSA) is 60.9 Å². The fourth-order valence-electron chi connectivity index (χ4n) is 4.93. The third kappa shape index (κ3) is 4.52. The van der Waals surface area contributed by atoms with E-state index in [0.29, 0.717) is 45.6 Å². The number of anilines is 1. The smallest absolute Gasteiger partial charge is 0.243 e. The van der Waals surface area contributed by atoms with E-state index in [1.54, 1.807) is 24.3 Å². The largest absolute Gasteiger partial charge is 0.368 e. The van der Waals surface area contributed by atoms with Gasteiger partial charge in [-0.3, -0.25) is 4.79 Å². The fraction of sp³-hybridized carbons (Fsp3) is 0.346. The summed E-state index contributed by atoms with van der Waals surface area (Å²) in [6.07, 6.45) is 1.36. The van der Waals surface area contributed by atoms with Crippen molar-refractivity contribution in [1.82, 2.24) is 9.21 Å². The number of fused-ring (bicyclic) bond motifs is 1. The van der Waals surface area contributed by atoms with E-state index in [2.05, 4.69) is 4.90 Å². The number of piperazine rings is 1. The number of amides is 1. The summed E-state index contributed by atoms with van der Waals surface area (Å²) in [6.45, 7) is 3.13. The summed E-state index contributed by atoms with van der Waals surface area (Å²) >= 11 is 0. The van der Waals surface area contributed by atoms with Gasteiger partial charge in [0.2, 0.25) is 15.9 Å². The second-order valence-electron chi connectivity index (χ2n) is 9.00. The number of halogens is 1. The quantitative estimate of drug-likeness (QED) is 0.570. The molecule has 1 amide bonds. The number of rotatable bonds is 4. The first-order valence-electron chi connectivity index (χ1n) is 11.7. The van der Waals surface area contributed by atoms with E-state index in [0.717, 1.165) is 16.5 Å². The maximum absolute atomic E-state index is 13.4. The molecule has 0 saturated carbocycles. The maximum Gasteiger partial charge on any atom is 0.243 e. The molecule has 0 aromatic heterocycles. The Hall–Kier alpha value is -2.97. The summed E-state index contributed by atoms with van der Waals surface area (Å²) in [5.41, 5.74) is 0.943. The summed E-state index contributed by atoms with van der Waals surface area (Å²) in [7, 11) is -3.68. The van der Waals surface area contributed by atoms with E-state index in [-0.39, 0.29) is 29.1 Å². The van der Waals surface area contributed by atoms with Crippen molar-refractivity contribution in [3.05, 3.63) is 72.5 Å². The molecule has 34 heavy (non-hydrogen) atoms. The number of hydrogen-bond acceptors (Lipinski definition) is 4. The van der Waals surface area contributed by atoms with Gasteiger partial charge in [0.1, 0.15) is 5.82 Å². The monoisotopic (exact) mass is 481 g/mol. The standard InChI is InChI=1S/C26H28FN3O3S/c27-23-8-10-24(11-9-23)28-14-16-29(17-15-28)26(31)22-6-3-13-30(19-22)34(32,33)25-12-7-20-4-1-2-5-21(20)18-25/h1-2,4-5,7-12,18,22H,3,6,13-17,19H2/t22-/m1/s1. The Kier molecular flexibility index (Phi) is 6.27. The molecule has 5 rings (SSSR count). The summed E-state index contributed by atoms with van der Waals surface area (Å²) in [5, 5.41) is 1.88. The zero-order valence-electron chi connectivity index (χ0n) is 18.9. The van der Waals surface area contributed by atoms with Crippen LogP contribution in [0.2, 0.25) is 0 Å². The lowest BCUT2D eigenvalue weighted by Crippen LogP contribution is -2.53. The molecule has 2 saturated heterocycles. The lowest BCUT2D eigenvalue weighted by molar-refractivity contribution is -0.137. The van der Waals surface area contributed by atoms with Gasteiger partial charge in [-0.2, -0.15) is 4.31 Å². The van der Waals surface area contributed by atoms with Gasteiger partial charge in [-0.1, -0.05) is 30.3 Å². The van der Waals surface area contributed by atoms with E-state index in [4.69, 9.17) is 0 Å². The fourth-order valence-corrected chi connectivity index (χ4v) is 6.49. The SMILES string of the molecule is O=C([C@@H]1CCCN(S(=O)(=O)c2ccc3ccccc3c2)C1)N1CCN(c2ccc(F)cc2)CC1. The highest BCUT2D eigenvalue weighted by Crippen LogP contribution is 2.28. The number of benzene rings is 3. The molecular formula is C26H28FN3O3S. The first kappa shape index (κ1) is 22.8. The van der Waals surface area contributed by atoms with Crippen LogP contribution in [0.1, 0.15) is 12.8 Å². The molecule has 0 bridgehead atoms. The number of sulfonamides is 1. The van der Waals surface area contributed by atoms with Crippen LogP contribution in [0, 0.1) is 11.7 Å². The minimum Gasteiger partial charge on any atom is -0.368 e. The van der Waals surface area contributed by atoms with E-state index >= 15 is 0 Å². The molecule has 2 fully saturated rings. The molecule has 2 aliphatic heterocycles. The van der Waals surface area contributed by atoms with Gasteiger partial charge in [-0.15, -0.1) is 0 Å². The van der Waals surface area contributed by atoms with Crippen LogP contribution in [-0.4, -0.2) is 62.8 Å². The highest BCUT2D eigenvalue weighted by molar-refractivity contribution is 7.89. The minimum absolute atomic E-state index is 0.0252. The van der Waals surface area contributed by atoms with Gasteiger partial charge in [0.05, 0.1) is 10.8 Å². The molecule has 8 heteroatoms. The van der Waals surface area contributed by atoms with Gasteiger partial charge in [0.25, 0.3) is 0 Å². The molecule has 3 aromatic carbocycles. The Morgan fingerprint density at radius 3 is 2.29 bits per heavy atom. The summed E-state index contributed by atoms with van der Waals surface area (Å²) in [5.74, 6) is -0.573. The molecule has 2 aliphatic rings. The Bertz CT molecular complexity index is 1290. The molecule has 6 nitrogen and oxygen atoms in total. The van der Waals surface area contributed by atoms with E-state index in [9.17, 15) is 17.6 Å². The second-order valence-corrected chi connectivity index (χ2v) is 10.9. The van der Waals surface area contributed by atoms with Crippen LogP contribution in [0.25, 0.3) is 10.8 Å². The lowest BCUT2D eigenvalue weighted by atomic mass is 9.97. The highest BCUT2D eigenvalue weighted by atomic mass is 32.2. The van der Waals surface area contributed by atoms with E-state index in [1.807, 2.05) is 35.2 Å². The van der Waals surface area contributed by atoms with Crippen molar-refractivity contribution >= 4 is 32.4 Å². The van der Waals surface area contributed by atoms with Crippen LogP contribution >= 0.6 is 0 Å². The van der Waals surface area contributed by atoms with Gasteiger partial charge in [0.15, 0.2) is 0 Å². The molecule has 0 spiro atoms. The lowest BCUT2D eigenvalue weighted by Gasteiger charge is -2.39. The van der Waals surface area contributed by atoms with Crippen molar-refractivity contribution < 1.29 is 17.6 Å². The predicted octanol–water partition coefficient (Wildman–Crippen LogP) is 3.73. The third-order valence-corrected chi connectivity index (χ3v) is 8.74. The van der Waals surface area contributed by atoms with Crippen LogP contribution in [0.3, 0.4) is 0 Å². The average molecular weight is 482 g/mol. The molecule has 178 valence electrons. The van der Waals surface area contributed by atoms with Crippen molar-refractivity contribution in [2.45, 2.75) is 17.7 Å². The number of piperidine rings is 1. The minimum atomic E-state index is -3.68. The van der Waals surface area contributed by atoms with Crippen LogP contribution in [0.15, 0.2) is 71.6 Å². The molecule has 1 atom stereocenters. The van der Waals surface area contributed by atoms with E-state index < -0.39 is 10.0 Å². The Morgan fingerprint density at radius 2 is 1.56 bits per heavy atom. The van der Waals surface area contributed by atoms with Gasteiger partial charge in [-0.05, 0) is 60.0 Å². The molecule has 0 unspecified atom stereocenters. The molecule has 0 N–H and O–H groups in total. The number of hydrogen-bond donors (Lipinski definition) is 0. The predicted molar refractivity (Wildman–Crippen MR) is 131 cm³/mol. The molecule has 3 aromatic rings. The maximum atomic E-state index is 13.4. The Balaban J connectivity index is 1.24. The van der Waals surface area contributed by atoms with Crippen LogP contribution < -0.4 is 4.90 Å². The Labute approximate surface area is 199 Å². The zero-order chi connectivity index (χ0) is 23.7. The first-order chi connectivity index (χ1) is 16.4. The molecular weight excluding hydrogens is 453 g/mol. The van der Waals surface area contributed by atoms with E-state index in [1.165, 1.54) is 16.4 Å². The summed E-state index contributed by atoms with van der Waals surface area (Å²) in [6, 6.07) is 19.3. The summed E-state index contributed by atoms with van der Waals surface area (Å²) < 4.78 is 41.4. The molecule has 2 heterocycles. The highest BCUT2D eigenvalue weighted by Gasteiger charge is 2.36. The van der Waals surface area contributed by atoms with Crippen molar-refractivity contribution in [3.63, 3.8) is 0 Å². The number of carbonyl (C=O) groups excluding carboxylic acids is 1. The second kappa shape index (κ2) is 9.35. The molecule has 0 radical (unpaired) electrons. The van der Waals surface area contributed by atoms with Crippen molar-refractivity contribution in [2.24, 2.45) is 5.92 Å². The van der Waals surface area contributed by atoms with Crippen molar-refractivity contribution in [3.8, 4) is 0 Å². The van der Waals surface area contributed by atoms with Gasteiger partial charge in [0, 0.05) is 45.0 Å².